The molecule has 5 rings (SSSR count). The minimum Gasteiger partial charge on any atom is -0.505 e. The van der Waals surface area contributed by atoms with Gasteiger partial charge in [-0.05, 0) is 49.8 Å². The van der Waals surface area contributed by atoms with Crippen LogP contribution in [0.4, 0.5) is 17.1 Å². The number of para-hydroxylation sites is 1. The summed E-state index contributed by atoms with van der Waals surface area (Å²) in [6, 6.07) is 4.69. The minimum atomic E-state index is -0.644. The van der Waals surface area contributed by atoms with Crippen LogP contribution < -0.4 is 26.6 Å². The van der Waals surface area contributed by atoms with Crippen LogP contribution in [-0.4, -0.2) is 42.7 Å². The fourth-order valence-corrected chi connectivity index (χ4v) is 3.98. The van der Waals surface area contributed by atoms with Gasteiger partial charge in [0.25, 0.3) is 16.8 Å². The Labute approximate surface area is 184 Å². The van der Waals surface area contributed by atoms with Gasteiger partial charge in [0.05, 0.1) is 11.3 Å². The summed E-state index contributed by atoms with van der Waals surface area (Å²) in [5, 5.41) is 13.6. The Bertz CT molecular complexity index is 1170. The Balaban J connectivity index is 1.46. The summed E-state index contributed by atoms with van der Waals surface area (Å²) in [7, 11) is 3.18. The maximum atomic E-state index is 12.6. The van der Waals surface area contributed by atoms with Gasteiger partial charge in [-0.3, -0.25) is 14.4 Å². The van der Waals surface area contributed by atoms with Gasteiger partial charge in [-0.15, -0.1) is 5.48 Å². The molecule has 32 heavy (non-hydrogen) atoms. The third-order valence-corrected chi connectivity index (χ3v) is 6.19. The monoisotopic (exact) mass is 438 g/mol. The molecule has 1 amide bonds. The topological polar surface area (TPSA) is 111 Å². The molecule has 168 valence electrons. The standard InChI is InChI=1S/C23H26N4O5/c1-26(2)23(31)14-4-3-5-15(20(14)28)24-18-19(22(30)21(18)29)27(11-12-6-7-12)17-10-16(32-25-17)13-8-9-13/h3-5,10,12-13,17,24-25,28H,6-9,11H2,1-2H3/t17-/m0/s1. The van der Waals surface area contributed by atoms with E-state index in [9.17, 15) is 19.5 Å². The summed E-state index contributed by atoms with van der Waals surface area (Å²) in [4.78, 5) is 46.3. The fourth-order valence-electron chi connectivity index (χ4n) is 3.98. The van der Waals surface area contributed by atoms with Crippen molar-refractivity contribution in [3.05, 3.63) is 56.0 Å². The molecule has 0 saturated heterocycles. The predicted molar refractivity (Wildman–Crippen MR) is 120 cm³/mol. The van der Waals surface area contributed by atoms with Crippen molar-refractivity contribution in [2.45, 2.75) is 31.8 Å². The molecule has 2 fully saturated rings. The lowest BCUT2D eigenvalue weighted by Gasteiger charge is -2.31. The molecule has 0 aromatic heterocycles. The third-order valence-electron chi connectivity index (χ3n) is 6.19. The van der Waals surface area contributed by atoms with E-state index in [4.69, 9.17) is 4.84 Å². The average Bonchev–Trinajstić information content (AvgIpc) is 3.72. The number of carbonyl (C=O) groups excluding carboxylic acids is 1. The molecule has 9 heteroatoms. The van der Waals surface area contributed by atoms with Crippen molar-refractivity contribution in [3.8, 4) is 5.75 Å². The number of hydrogen-bond acceptors (Lipinski definition) is 8. The molecule has 1 heterocycles. The fraction of sp³-hybridized carbons (Fsp3) is 0.435. The second kappa shape index (κ2) is 7.67. The lowest BCUT2D eigenvalue weighted by molar-refractivity contribution is 0.0824. The molecule has 2 aliphatic carbocycles. The van der Waals surface area contributed by atoms with Crippen LogP contribution in [0.15, 0.2) is 39.6 Å². The molecule has 1 atom stereocenters. The smallest absolute Gasteiger partial charge is 0.257 e. The predicted octanol–water partition coefficient (Wildman–Crippen LogP) is 1.80. The molecular weight excluding hydrogens is 412 g/mol. The van der Waals surface area contributed by atoms with Gasteiger partial charge in [-0.1, -0.05) is 6.07 Å². The van der Waals surface area contributed by atoms with Gasteiger partial charge in [0.2, 0.25) is 0 Å². The molecule has 2 saturated carbocycles. The highest BCUT2D eigenvalue weighted by molar-refractivity contribution is 5.99. The SMILES string of the molecule is CN(C)C(=O)c1cccc(Nc2c(N(CC3CC3)[C@H]3C=C(C4CC4)ON3)c(=O)c2=O)c1O. The Hall–Kier alpha value is -3.33. The van der Waals surface area contributed by atoms with E-state index >= 15 is 0 Å². The number of benzene rings is 1. The minimum absolute atomic E-state index is 0.109. The van der Waals surface area contributed by atoms with E-state index in [-0.39, 0.29) is 40.4 Å². The number of carbonyl (C=O) groups is 1. The lowest BCUT2D eigenvalue weighted by atomic mass is 10.1. The number of rotatable bonds is 8. The average molecular weight is 438 g/mol. The Kier molecular flexibility index (Phi) is 4.93. The first-order valence-electron chi connectivity index (χ1n) is 10.9. The molecule has 0 radical (unpaired) electrons. The van der Waals surface area contributed by atoms with Gasteiger partial charge in [0.1, 0.15) is 23.3 Å². The molecule has 0 bridgehead atoms. The molecule has 0 unspecified atom stereocenters. The maximum Gasteiger partial charge on any atom is 0.257 e. The zero-order valence-corrected chi connectivity index (χ0v) is 18.1. The van der Waals surface area contributed by atoms with Crippen molar-refractivity contribution in [3.63, 3.8) is 0 Å². The van der Waals surface area contributed by atoms with Crippen molar-refractivity contribution in [1.82, 2.24) is 10.4 Å². The van der Waals surface area contributed by atoms with Gasteiger partial charge < -0.3 is 25.1 Å². The second-order valence-electron chi connectivity index (χ2n) is 9.01. The van der Waals surface area contributed by atoms with Crippen molar-refractivity contribution in [2.75, 3.05) is 30.9 Å². The molecular formula is C23H26N4O5. The number of nitrogens with zero attached hydrogens (tertiary/aromatic N) is 2. The van der Waals surface area contributed by atoms with E-state index in [0.29, 0.717) is 18.4 Å². The van der Waals surface area contributed by atoms with Crippen molar-refractivity contribution >= 4 is 23.0 Å². The first-order valence-corrected chi connectivity index (χ1v) is 10.9. The second-order valence-corrected chi connectivity index (χ2v) is 9.01. The molecule has 3 N–H and O–H groups in total. The largest absolute Gasteiger partial charge is 0.505 e. The highest BCUT2D eigenvalue weighted by Crippen LogP contribution is 2.41. The van der Waals surface area contributed by atoms with Crippen LogP contribution in [-0.2, 0) is 4.84 Å². The summed E-state index contributed by atoms with van der Waals surface area (Å²) in [6.45, 7) is 0.625. The van der Waals surface area contributed by atoms with E-state index < -0.39 is 10.9 Å². The number of hydrogen-bond donors (Lipinski definition) is 3. The van der Waals surface area contributed by atoms with Gasteiger partial charge in [-0.25, -0.2) is 0 Å². The van der Waals surface area contributed by atoms with Gasteiger partial charge >= 0.3 is 0 Å². The highest BCUT2D eigenvalue weighted by Gasteiger charge is 2.39. The molecule has 2 aromatic carbocycles. The normalized spacial score (nSPS) is 20.1. The molecule has 0 spiro atoms. The van der Waals surface area contributed by atoms with Gasteiger partial charge in [-0.2, -0.15) is 0 Å². The Morgan fingerprint density at radius 3 is 2.59 bits per heavy atom. The zero-order chi connectivity index (χ0) is 22.6. The van der Waals surface area contributed by atoms with Gasteiger partial charge in [0, 0.05) is 26.6 Å². The van der Waals surface area contributed by atoms with Crippen LogP contribution in [0, 0.1) is 11.8 Å². The number of hydroxylamine groups is 1. The number of phenolic OH excluding ortho intramolecular Hbond substituents is 1. The molecule has 2 aromatic rings. The van der Waals surface area contributed by atoms with Crippen LogP contribution in [0.3, 0.4) is 0 Å². The summed E-state index contributed by atoms with van der Waals surface area (Å²) >= 11 is 0. The number of phenols is 1. The van der Waals surface area contributed by atoms with Gasteiger partial charge in [0.15, 0.2) is 5.75 Å². The van der Waals surface area contributed by atoms with E-state index in [1.807, 2.05) is 11.0 Å². The first-order chi connectivity index (χ1) is 15.3. The number of nitrogens with one attached hydrogen (secondary N) is 2. The maximum absolute atomic E-state index is 12.6. The summed E-state index contributed by atoms with van der Waals surface area (Å²) in [6.07, 6.45) is 5.99. The first kappa shape index (κ1) is 20.6. The number of amides is 1. The Morgan fingerprint density at radius 1 is 1.19 bits per heavy atom. The summed E-state index contributed by atoms with van der Waals surface area (Å²) in [5.74, 6) is 1.14. The van der Waals surface area contributed by atoms with Crippen molar-refractivity contribution in [1.29, 1.82) is 0 Å². The van der Waals surface area contributed by atoms with Crippen molar-refractivity contribution < 1.29 is 14.7 Å². The summed E-state index contributed by atoms with van der Waals surface area (Å²) in [5.41, 5.74) is 2.48. The van der Waals surface area contributed by atoms with Crippen LogP contribution in [0.2, 0.25) is 0 Å². The summed E-state index contributed by atoms with van der Waals surface area (Å²) < 4.78 is 0. The van der Waals surface area contributed by atoms with Crippen LogP contribution >= 0.6 is 0 Å². The number of anilines is 3. The molecule has 3 aliphatic rings. The van der Waals surface area contributed by atoms with E-state index in [1.165, 1.54) is 11.0 Å². The molecule has 9 nitrogen and oxygen atoms in total. The Morgan fingerprint density at radius 2 is 1.94 bits per heavy atom. The quantitative estimate of drug-likeness (QED) is 0.423. The number of allylic oxidation sites excluding steroid dienone is 1. The zero-order valence-electron chi connectivity index (χ0n) is 18.1. The van der Waals surface area contributed by atoms with Crippen LogP contribution in [0.1, 0.15) is 36.0 Å². The van der Waals surface area contributed by atoms with E-state index in [2.05, 4.69) is 10.8 Å². The van der Waals surface area contributed by atoms with Crippen LogP contribution in [0.5, 0.6) is 5.75 Å². The molecule has 1 aliphatic heterocycles. The van der Waals surface area contributed by atoms with Crippen molar-refractivity contribution in [2.24, 2.45) is 11.8 Å². The number of aromatic hydroxyl groups is 1. The van der Waals surface area contributed by atoms with E-state index in [1.54, 1.807) is 26.2 Å². The third kappa shape index (κ3) is 3.62. The van der Waals surface area contributed by atoms with Crippen LogP contribution in [0.25, 0.3) is 0 Å². The van der Waals surface area contributed by atoms with E-state index in [0.717, 1.165) is 31.4 Å². The lowest BCUT2D eigenvalue weighted by Crippen LogP contribution is -2.50. The highest BCUT2D eigenvalue weighted by atomic mass is 16.7.